The van der Waals surface area contributed by atoms with Gasteiger partial charge in [0.2, 0.25) is 0 Å². The number of benzene rings is 2. The highest BCUT2D eigenvalue weighted by Gasteiger charge is 2.17. The van der Waals surface area contributed by atoms with Gasteiger partial charge in [-0.15, -0.1) is 0 Å². The second kappa shape index (κ2) is 7.32. The van der Waals surface area contributed by atoms with Crippen molar-refractivity contribution in [3.8, 4) is 0 Å². The number of ketones is 1. The van der Waals surface area contributed by atoms with E-state index in [1.165, 1.54) is 17.7 Å². The minimum absolute atomic E-state index is 0.0749. The highest BCUT2D eigenvalue weighted by atomic mass is 32.2. The lowest BCUT2D eigenvalue weighted by Crippen LogP contribution is -2.17. The van der Waals surface area contributed by atoms with E-state index in [0.717, 1.165) is 23.7 Å². The van der Waals surface area contributed by atoms with Crippen molar-refractivity contribution in [3.63, 3.8) is 0 Å². The Morgan fingerprint density at radius 1 is 0.909 bits per heavy atom. The Morgan fingerprint density at radius 2 is 1.50 bits per heavy atom. The first kappa shape index (κ1) is 14.9. The molecule has 0 saturated carbocycles. The molecule has 2 aromatic rings. The Morgan fingerprint density at radius 3 is 2.14 bits per heavy atom. The number of carbonyl (C=O) groups excluding carboxylic acids is 1. The molecular weight excluding hydrogens is 290 g/mol. The summed E-state index contributed by atoms with van der Waals surface area (Å²) in [7, 11) is 0. The summed E-state index contributed by atoms with van der Waals surface area (Å²) in [6.45, 7) is 2.07. The molecule has 0 unspecified atom stereocenters. The van der Waals surface area contributed by atoms with Crippen LogP contribution in [0.2, 0.25) is 0 Å². The van der Waals surface area contributed by atoms with Crippen molar-refractivity contribution in [3.05, 3.63) is 77.3 Å². The van der Waals surface area contributed by atoms with Gasteiger partial charge in [-0.2, -0.15) is 0 Å². The Hall–Kier alpha value is -2.00. The highest BCUT2D eigenvalue weighted by molar-refractivity contribution is 8.03. The number of hydrogen-bond acceptors (Lipinski definition) is 3. The summed E-state index contributed by atoms with van der Waals surface area (Å²) in [5.41, 5.74) is 0.743. The maximum absolute atomic E-state index is 12.5. The molecule has 1 heterocycles. The normalized spacial score (nSPS) is 15.1. The number of hydrogen-bond donors (Lipinski definition) is 0. The molecule has 1 aliphatic heterocycles. The van der Waals surface area contributed by atoms with Crippen molar-refractivity contribution in [2.75, 3.05) is 13.1 Å². The van der Waals surface area contributed by atoms with E-state index in [0.29, 0.717) is 0 Å². The summed E-state index contributed by atoms with van der Waals surface area (Å²) < 4.78 is 0. The zero-order chi connectivity index (χ0) is 15.2. The topological polar surface area (TPSA) is 20.3 Å². The van der Waals surface area contributed by atoms with Crippen molar-refractivity contribution in [1.82, 2.24) is 4.90 Å². The fourth-order valence-electron chi connectivity index (χ4n) is 2.53. The van der Waals surface area contributed by atoms with Gasteiger partial charge in [-0.1, -0.05) is 60.3 Å². The van der Waals surface area contributed by atoms with Gasteiger partial charge in [0.1, 0.15) is 0 Å². The average molecular weight is 309 g/mol. The second-order valence-electron chi connectivity index (χ2n) is 5.32. The van der Waals surface area contributed by atoms with Gasteiger partial charge in [-0.3, -0.25) is 4.79 Å². The zero-order valence-electron chi connectivity index (χ0n) is 12.4. The molecule has 0 atom stereocenters. The van der Waals surface area contributed by atoms with E-state index in [-0.39, 0.29) is 5.78 Å². The van der Waals surface area contributed by atoms with Crippen molar-refractivity contribution >= 4 is 17.5 Å². The van der Waals surface area contributed by atoms with E-state index in [4.69, 9.17) is 0 Å². The first-order valence-corrected chi connectivity index (χ1v) is 8.43. The molecule has 0 N–H and O–H groups in total. The SMILES string of the molecule is O=C(C=C(Sc1ccccc1)N1CCCC1)c1ccccc1. The predicted octanol–water partition coefficient (Wildman–Crippen LogP) is 4.60. The standard InChI is InChI=1S/C19H19NOS/c21-18(16-9-3-1-4-10-16)15-19(20-13-7-8-14-20)22-17-11-5-2-6-12-17/h1-6,9-12,15H,7-8,13-14H2. The maximum atomic E-state index is 12.5. The molecule has 1 saturated heterocycles. The minimum Gasteiger partial charge on any atom is -0.366 e. The number of allylic oxidation sites excluding steroid dienone is 1. The number of likely N-dealkylation sites (tertiary alicyclic amines) is 1. The van der Waals surface area contributed by atoms with Crippen molar-refractivity contribution in [2.45, 2.75) is 17.7 Å². The monoisotopic (exact) mass is 309 g/mol. The number of carbonyl (C=O) groups is 1. The lowest BCUT2D eigenvalue weighted by Gasteiger charge is -2.20. The van der Waals surface area contributed by atoms with Gasteiger partial charge in [0.15, 0.2) is 5.78 Å². The van der Waals surface area contributed by atoms with Gasteiger partial charge < -0.3 is 4.90 Å². The minimum atomic E-state index is 0.0749. The molecule has 3 heteroatoms. The Labute approximate surface area is 135 Å². The van der Waals surface area contributed by atoms with Gasteiger partial charge in [0, 0.05) is 29.6 Å². The van der Waals surface area contributed by atoms with E-state index in [1.54, 1.807) is 17.8 Å². The Kier molecular flexibility index (Phi) is 4.96. The van der Waals surface area contributed by atoms with Crippen LogP contribution in [0.3, 0.4) is 0 Å². The van der Waals surface area contributed by atoms with Crippen LogP contribution >= 0.6 is 11.8 Å². The van der Waals surface area contributed by atoms with Crippen LogP contribution in [0.15, 0.2) is 76.7 Å². The quantitative estimate of drug-likeness (QED) is 0.457. The largest absolute Gasteiger partial charge is 0.366 e. The molecule has 22 heavy (non-hydrogen) atoms. The molecule has 0 aromatic heterocycles. The Balaban J connectivity index is 1.84. The van der Waals surface area contributed by atoms with Crippen molar-refractivity contribution in [1.29, 1.82) is 0 Å². The third-order valence-electron chi connectivity index (χ3n) is 3.70. The van der Waals surface area contributed by atoms with Crippen LogP contribution < -0.4 is 0 Å². The van der Waals surface area contributed by atoms with Crippen molar-refractivity contribution in [2.24, 2.45) is 0 Å². The molecule has 2 nitrogen and oxygen atoms in total. The van der Waals surface area contributed by atoms with E-state index in [2.05, 4.69) is 17.0 Å². The van der Waals surface area contributed by atoms with Gasteiger partial charge in [0.05, 0.1) is 5.03 Å². The van der Waals surface area contributed by atoms with Crippen LogP contribution in [0, 0.1) is 0 Å². The summed E-state index contributed by atoms with van der Waals surface area (Å²) in [6, 6.07) is 19.7. The summed E-state index contributed by atoms with van der Waals surface area (Å²) >= 11 is 1.68. The van der Waals surface area contributed by atoms with Gasteiger partial charge in [-0.25, -0.2) is 0 Å². The van der Waals surface area contributed by atoms with Crippen LogP contribution in [0.25, 0.3) is 0 Å². The van der Waals surface area contributed by atoms with Gasteiger partial charge >= 0.3 is 0 Å². The third kappa shape index (κ3) is 3.80. The van der Waals surface area contributed by atoms with E-state index in [1.807, 2.05) is 48.5 Å². The molecular formula is C19H19NOS. The first-order chi connectivity index (χ1) is 10.8. The molecule has 0 amide bonds. The van der Waals surface area contributed by atoms with E-state index in [9.17, 15) is 4.79 Å². The molecule has 1 fully saturated rings. The van der Waals surface area contributed by atoms with Crippen LogP contribution in [0.4, 0.5) is 0 Å². The molecule has 0 radical (unpaired) electrons. The summed E-state index contributed by atoms with van der Waals surface area (Å²) in [4.78, 5) is 16.0. The third-order valence-corrected chi connectivity index (χ3v) is 4.79. The molecule has 3 rings (SSSR count). The fourth-order valence-corrected chi connectivity index (χ4v) is 3.54. The van der Waals surface area contributed by atoms with Gasteiger partial charge in [0.25, 0.3) is 0 Å². The smallest absolute Gasteiger partial charge is 0.188 e. The molecule has 1 aliphatic rings. The van der Waals surface area contributed by atoms with Crippen LogP contribution in [0.1, 0.15) is 23.2 Å². The number of thioether (sulfide) groups is 1. The average Bonchev–Trinajstić information content (AvgIpc) is 3.10. The molecule has 2 aromatic carbocycles. The maximum Gasteiger partial charge on any atom is 0.188 e. The molecule has 112 valence electrons. The second-order valence-corrected chi connectivity index (χ2v) is 6.42. The number of nitrogens with zero attached hydrogens (tertiary/aromatic N) is 1. The summed E-state index contributed by atoms with van der Waals surface area (Å²) in [5, 5.41) is 1.05. The molecule has 0 aliphatic carbocycles. The summed E-state index contributed by atoms with van der Waals surface area (Å²) in [5.74, 6) is 0.0749. The van der Waals surface area contributed by atoms with Crippen LogP contribution in [-0.2, 0) is 0 Å². The van der Waals surface area contributed by atoms with E-state index >= 15 is 0 Å². The first-order valence-electron chi connectivity index (χ1n) is 7.62. The predicted molar refractivity (Wildman–Crippen MR) is 92.0 cm³/mol. The van der Waals surface area contributed by atoms with Crippen LogP contribution in [-0.4, -0.2) is 23.8 Å². The van der Waals surface area contributed by atoms with E-state index < -0.39 is 0 Å². The van der Waals surface area contributed by atoms with Gasteiger partial charge in [-0.05, 0) is 25.0 Å². The lowest BCUT2D eigenvalue weighted by molar-refractivity contribution is 0.104. The number of rotatable bonds is 5. The van der Waals surface area contributed by atoms with Crippen molar-refractivity contribution < 1.29 is 4.79 Å². The lowest BCUT2D eigenvalue weighted by atomic mass is 10.1. The highest BCUT2D eigenvalue weighted by Crippen LogP contribution is 2.31. The molecule has 0 spiro atoms. The van der Waals surface area contributed by atoms with Crippen LogP contribution in [0.5, 0.6) is 0 Å². The summed E-state index contributed by atoms with van der Waals surface area (Å²) in [6.07, 6.45) is 4.19. The zero-order valence-corrected chi connectivity index (χ0v) is 13.3. The molecule has 0 bridgehead atoms. The Bertz CT molecular complexity index is 646. The fraction of sp³-hybridized carbons (Fsp3) is 0.211.